The van der Waals surface area contributed by atoms with Crippen LogP contribution in [0.1, 0.15) is 40.7 Å². The van der Waals surface area contributed by atoms with Crippen molar-refractivity contribution in [3.63, 3.8) is 0 Å². The summed E-state index contributed by atoms with van der Waals surface area (Å²) >= 11 is 0. The van der Waals surface area contributed by atoms with Gasteiger partial charge in [-0.15, -0.1) is 0 Å². The van der Waals surface area contributed by atoms with Crippen molar-refractivity contribution in [1.29, 1.82) is 0 Å². The van der Waals surface area contributed by atoms with Gasteiger partial charge in [0, 0.05) is 11.5 Å². The van der Waals surface area contributed by atoms with E-state index in [0.717, 1.165) is 24.0 Å². The van der Waals surface area contributed by atoms with E-state index in [1.54, 1.807) is 6.07 Å². The Bertz CT molecular complexity index is 436. The molecule has 1 aromatic carbocycles. The molecule has 14 heavy (non-hydrogen) atoms. The van der Waals surface area contributed by atoms with Crippen molar-refractivity contribution in [2.24, 2.45) is 5.92 Å². The number of hydrogen-bond acceptors (Lipinski definition) is 1. The van der Waals surface area contributed by atoms with Crippen molar-refractivity contribution < 1.29 is 9.18 Å². The lowest BCUT2D eigenvalue weighted by molar-refractivity contribution is 0.0932. The van der Waals surface area contributed by atoms with Crippen LogP contribution in [0.2, 0.25) is 0 Å². The molecule has 0 fully saturated rings. The minimum atomic E-state index is -0.262. The predicted molar refractivity (Wildman–Crippen MR) is 51.0 cm³/mol. The molecular formula is C12H11FO. The predicted octanol–water partition coefficient (Wildman–Crippen LogP) is 2.69. The van der Waals surface area contributed by atoms with E-state index in [-0.39, 0.29) is 17.5 Å². The Morgan fingerprint density at radius 3 is 3.00 bits per heavy atom. The Morgan fingerprint density at radius 1 is 1.43 bits per heavy atom. The van der Waals surface area contributed by atoms with Gasteiger partial charge in [0.2, 0.25) is 0 Å². The van der Waals surface area contributed by atoms with Crippen LogP contribution in [0.5, 0.6) is 0 Å². The number of aryl methyl sites for hydroxylation is 1. The molecule has 2 aliphatic carbocycles. The largest absolute Gasteiger partial charge is 0.294 e. The average Bonchev–Trinajstić information content (AvgIpc) is 2.65. The fraction of sp³-hybridized carbons (Fsp3) is 0.417. The first-order valence-corrected chi connectivity index (χ1v) is 5.05. The van der Waals surface area contributed by atoms with E-state index in [0.29, 0.717) is 11.5 Å². The van der Waals surface area contributed by atoms with Crippen molar-refractivity contribution >= 4 is 5.78 Å². The summed E-state index contributed by atoms with van der Waals surface area (Å²) in [5.41, 5.74) is 2.85. The van der Waals surface area contributed by atoms with E-state index in [9.17, 15) is 9.18 Å². The van der Waals surface area contributed by atoms with Gasteiger partial charge in [-0.3, -0.25) is 4.79 Å². The molecule has 0 saturated carbocycles. The molecule has 3 rings (SSSR count). The molecule has 2 heteroatoms. The molecule has 72 valence electrons. The monoisotopic (exact) mass is 190 g/mol. The van der Waals surface area contributed by atoms with Crippen LogP contribution >= 0.6 is 0 Å². The Hall–Kier alpha value is -1.18. The summed E-state index contributed by atoms with van der Waals surface area (Å²) in [5.74, 6) is 0.299. The second-order valence-electron chi connectivity index (χ2n) is 4.32. The Labute approximate surface area is 81.9 Å². The van der Waals surface area contributed by atoms with Crippen LogP contribution in [-0.2, 0) is 6.42 Å². The lowest BCUT2D eigenvalue weighted by atomic mass is 9.95. The molecule has 0 amide bonds. The van der Waals surface area contributed by atoms with Crippen LogP contribution < -0.4 is 0 Å². The molecule has 2 unspecified atom stereocenters. The molecule has 0 radical (unpaired) electrons. The summed E-state index contributed by atoms with van der Waals surface area (Å²) in [5, 5.41) is 0. The Kier molecular flexibility index (Phi) is 1.42. The normalized spacial score (nSPS) is 28.3. The summed E-state index contributed by atoms with van der Waals surface area (Å²) in [6, 6.07) is 2.99. The maximum Gasteiger partial charge on any atom is 0.166 e. The fourth-order valence-electron chi connectivity index (χ4n) is 2.91. The molecule has 0 heterocycles. The van der Waals surface area contributed by atoms with E-state index >= 15 is 0 Å². The zero-order chi connectivity index (χ0) is 9.87. The van der Waals surface area contributed by atoms with Gasteiger partial charge in [0.25, 0.3) is 0 Å². The van der Waals surface area contributed by atoms with Gasteiger partial charge in [0.15, 0.2) is 5.78 Å². The van der Waals surface area contributed by atoms with Crippen molar-refractivity contribution in [2.75, 3.05) is 0 Å². The minimum Gasteiger partial charge on any atom is -0.294 e. The summed E-state index contributed by atoms with van der Waals surface area (Å²) in [4.78, 5) is 11.8. The van der Waals surface area contributed by atoms with E-state index in [1.165, 1.54) is 6.07 Å². The second-order valence-corrected chi connectivity index (χ2v) is 4.32. The number of carbonyl (C=O) groups excluding carboxylic acids is 1. The molecule has 0 bridgehead atoms. The minimum absolute atomic E-state index is 0.0630. The maximum absolute atomic E-state index is 13.2. The number of rotatable bonds is 0. The van der Waals surface area contributed by atoms with Crippen molar-refractivity contribution in [2.45, 2.75) is 25.7 Å². The average molecular weight is 190 g/mol. The third-order valence-corrected chi connectivity index (χ3v) is 3.61. The van der Waals surface area contributed by atoms with Gasteiger partial charge >= 0.3 is 0 Å². The van der Waals surface area contributed by atoms with Crippen molar-refractivity contribution in [3.05, 3.63) is 34.6 Å². The molecule has 0 aromatic heterocycles. The van der Waals surface area contributed by atoms with Crippen LogP contribution in [0.15, 0.2) is 12.1 Å². The first-order valence-electron chi connectivity index (χ1n) is 5.05. The first-order chi connectivity index (χ1) is 6.68. The van der Waals surface area contributed by atoms with Gasteiger partial charge in [-0.05, 0) is 42.0 Å². The van der Waals surface area contributed by atoms with Gasteiger partial charge in [-0.1, -0.05) is 6.92 Å². The highest BCUT2D eigenvalue weighted by molar-refractivity contribution is 6.03. The molecule has 2 atom stereocenters. The lowest BCUT2D eigenvalue weighted by Gasteiger charge is -2.07. The number of halogens is 1. The van der Waals surface area contributed by atoms with Gasteiger partial charge in [0.05, 0.1) is 0 Å². The molecular weight excluding hydrogens is 179 g/mol. The fourth-order valence-corrected chi connectivity index (χ4v) is 2.91. The Morgan fingerprint density at radius 2 is 2.21 bits per heavy atom. The smallest absolute Gasteiger partial charge is 0.166 e. The van der Waals surface area contributed by atoms with Crippen LogP contribution in [0, 0.1) is 11.7 Å². The molecule has 0 N–H and O–H groups in total. The highest BCUT2D eigenvalue weighted by Gasteiger charge is 2.41. The van der Waals surface area contributed by atoms with Crippen molar-refractivity contribution in [3.8, 4) is 0 Å². The Balaban J connectivity index is 2.32. The second kappa shape index (κ2) is 2.44. The summed E-state index contributed by atoms with van der Waals surface area (Å²) < 4.78 is 13.2. The number of Topliss-reactive ketones (excluding diaryl/α,β-unsaturated/α-hetero) is 1. The molecule has 1 nitrogen and oxygen atoms in total. The van der Waals surface area contributed by atoms with Crippen LogP contribution in [-0.4, -0.2) is 5.78 Å². The zero-order valence-corrected chi connectivity index (χ0v) is 8.01. The highest BCUT2D eigenvalue weighted by atomic mass is 19.1. The zero-order valence-electron chi connectivity index (χ0n) is 8.01. The standard InChI is InChI=1S/C12H11FO/c1-6-9-3-2-7-4-8(13)5-10(11(7)9)12(6)14/h4-6,9H,2-3H2,1H3. The number of benzene rings is 1. The third kappa shape index (κ3) is 0.813. The van der Waals surface area contributed by atoms with E-state index < -0.39 is 0 Å². The van der Waals surface area contributed by atoms with E-state index in [2.05, 4.69) is 0 Å². The van der Waals surface area contributed by atoms with Crippen LogP contribution in [0.4, 0.5) is 4.39 Å². The number of carbonyl (C=O) groups is 1. The van der Waals surface area contributed by atoms with Crippen molar-refractivity contribution in [1.82, 2.24) is 0 Å². The summed E-state index contributed by atoms with van der Waals surface area (Å²) in [7, 11) is 0. The molecule has 0 spiro atoms. The van der Waals surface area contributed by atoms with E-state index in [4.69, 9.17) is 0 Å². The maximum atomic E-state index is 13.2. The molecule has 2 aliphatic rings. The third-order valence-electron chi connectivity index (χ3n) is 3.61. The lowest BCUT2D eigenvalue weighted by Crippen LogP contribution is -2.08. The van der Waals surface area contributed by atoms with E-state index in [1.807, 2.05) is 6.92 Å². The van der Waals surface area contributed by atoms with Gasteiger partial charge in [-0.25, -0.2) is 4.39 Å². The molecule has 0 saturated heterocycles. The van der Waals surface area contributed by atoms with Gasteiger partial charge < -0.3 is 0 Å². The number of hydrogen-bond donors (Lipinski definition) is 0. The SMILES string of the molecule is CC1C(=O)c2cc(F)cc3c2C1CC3. The summed E-state index contributed by atoms with van der Waals surface area (Å²) in [6.45, 7) is 1.96. The number of ketones is 1. The molecule has 0 aliphatic heterocycles. The highest BCUT2D eigenvalue weighted by Crippen LogP contribution is 2.47. The molecule has 1 aromatic rings. The van der Waals surface area contributed by atoms with Crippen LogP contribution in [0.3, 0.4) is 0 Å². The summed E-state index contributed by atoms with van der Waals surface area (Å²) in [6.07, 6.45) is 1.95. The van der Waals surface area contributed by atoms with Crippen LogP contribution in [0.25, 0.3) is 0 Å². The quantitative estimate of drug-likeness (QED) is 0.614. The van der Waals surface area contributed by atoms with Gasteiger partial charge in [-0.2, -0.15) is 0 Å². The topological polar surface area (TPSA) is 17.1 Å². The first kappa shape index (κ1) is 8.16. The van der Waals surface area contributed by atoms with Gasteiger partial charge in [0.1, 0.15) is 5.82 Å².